The monoisotopic (exact) mass is 453 g/mol. The highest BCUT2D eigenvalue weighted by Crippen LogP contribution is 2.31. The van der Waals surface area contributed by atoms with E-state index in [0.29, 0.717) is 33.3 Å². The number of carbonyl (C=O) groups excluding carboxylic acids is 1. The topological polar surface area (TPSA) is 100 Å². The number of anilines is 2. The average molecular weight is 454 g/mol. The summed E-state index contributed by atoms with van der Waals surface area (Å²) in [5, 5.41) is 13.0. The van der Waals surface area contributed by atoms with Gasteiger partial charge in [-0.2, -0.15) is 0 Å². The molecular weight excluding hydrogens is 438 g/mol. The van der Waals surface area contributed by atoms with Crippen molar-refractivity contribution in [2.45, 2.75) is 0 Å². The maximum Gasteiger partial charge on any atom is 0.337 e. The van der Waals surface area contributed by atoms with Gasteiger partial charge in [-0.3, -0.25) is 5.32 Å². The van der Waals surface area contributed by atoms with Gasteiger partial charge in [0, 0.05) is 10.6 Å². The number of pyridine rings is 1. The van der Waals surface area contributed by atoms with Crippen molar-refractivity contribution in [3.8, 4) is 22.8 Å². The van der Waals surface area contributed by atoms with Crippen LogP contribution in [0.4, 0.5) is 16.3 Å². The molecule has 2 aromatic carbocycles. The molecular formula is C21H16ClN5O3S. The Hall–Kier alpha value is -3.56. The Bertz CT molecular complexity index is 1270. The number of methoxy groups -OCH3 is 1. The third-order valence-corrected chi connectivity index (χ3v) is 5.05. The van der Waals surface area contributed by atoms with E-state index in [0.717, 1.165) is 9.87 Å². The van der Waals surface area contributed by atoms with E-state index in [1.807, 2.05) is 0 Å². The standard InChI is InChI=1S/C21H16ClN5O3S/c1-30-18-10-12(2-9-17(18)28)15-7-8-16-20(24-15)25-19(11-23-16)26-21(29)27(31)14-5-3-13(22)4-6-14/h2-11,28,31H,1H3,(H,24,25,26,29). The minimum atomic E-state index is -0.515. The predicted octanol–water partition coefficient (Wildman–Crippen LogP) is 4.94. The SMILES string of the molecule is COc1cc(-c2ccc3ncc(NC(=O)N(S)c4ccc(Cl)cc4)nc3n2)ccc1O. The molecule has 31 heavy (non-hydrogen) atoms. The quantitative estimate of drug-likeness (QED) is 0.378. The molecule has 0 aliphatic carbocycles. The Morgan fingerprint density at radius 1 is 1.13 bits per heavy atom. The third kappa shape index (κ3) is 4.47. The number of fused-ring (bicyclic) bond motifs is 1. The van der Waals surface area contributed by atoms with Gasteiger partial charge in [-0.25, -0.2) is 24.1 Å². The predicted molar refractivity (Wildman–Crippen MR) is 123 cm³/mol. The van der Waals surface area contributed by atoms with Crippen LogP contribution >= 0.6 is 24.4 Å². The molecule has 2 heterocycles. The van der Waals surface area contributed by atoms with Gasteiger partial charge in [0.2, 0.25) is 0 Å². The number of halogens is 1. The molecule has 2 aromatic heterocycles. The lowest BCUT2D eigenvalue weighted by Gasteiger charge is -2.16. The molecule has 0 saturated heterocycles. The maximum atomic E-state index is 12.5. The number of nitrogens with one attached hydrogen (secondary N) is 1. The van der Waals surface area contributed by atoms with Gasteiger partial charge >= 0.3 is 6.03 Å². The lowest BCUT2D eigenvalue weighted by molar-refractivity contribution is 0.260. The maximum absolute atomic E-state index is 12.5. The number of amides is 2. The number of phenols is 1. The lowest BCUT2D eigenvalue weighted by Crippen LogP contribution is -2.27. The van der Waals surface area contributed by atoms with Gasteiger partial charge in [-0.05, 0) is 54.6 Å². The summed E-state index contributed by atoms with van der Waals surface area (Å²) in [5.74, 6) is 0.592. The highest BCUT2D eigenvalue weighted by atomic mass is 35.5. The molecule has 4 rings (SSSR count). The van der Waals surface area contributed by atoms with Crippen molar-refractivity contribution in [3.63, 3.8) is 0 Å². The number of ether oxygens (including phenoxy) is 1. The molecule has 0 bridgehead atoms. The van der Waals surface area contributed by atoms with Crippen LogP contribution in [0.1, 0.15) is 0 Å². The van der Waals surface area contributed by atoms with Crippen molar-refractivity contribution >= 4 is 53.1 Å². The molecule has 0 aliphatic rings. The number of thiol groups is 1. The Balaban J connectivity index is 1.60. The average Bonchev–Trinajstić information content (AvgIpc) is 2.79. The smallest absolute Gasteiger partial charge is 0.337 e. The minimum absolute atomic E-state index is 0.0360. The van der Waals surface area contributed by atoms with Crippen molar-refractivity contribution in [2.24, 2.45) is 0 Å². The van der Waals surface area contributed by atoms with Crippen LogP contribution in [0.3, 0.4) is 0 Å². The number of rotatable bonds is 4. The van der Waals surface area contributed by atoms with E-state index in [9.17, 15) is 9.90 Å². The largest absolute Gasteiger partial charge is 0.504 e. The number of phenolic OH excluding ortho intramolecular Hbond substituents is 1. The van der Waals surface area contributed by atoms with Crippen LogP contribution in [-0.2, 0) is 0 Å². The fourth-order valence-electron chi connectivity index (χ4n) is 2.82. The Labute approximate surface area is 188 Å². The summed E-state index contributed by atoms with van der Waals surface area (Å²) in [6, 6.07) is 14.6. The molecule has 10 heteroatoms. The molecule has 2 N–H and O–H groups in total. The van der Waals surface area contributed by atoms with Crippen LogP contribution in [0.2, 0.25) is 5.02 Å². The minimum Gasteiger partial charge on any atom is -0.504 e. The number of aromatic nitrogens is 3. The molecule has 0 aliphatic heterocycles. The van der Waals surface area contributed by atoms with E-state index in [4.69, 9.17) is 16.3 Å². The third-order valence-electron chi connectivity index (χ3n) is 4.38. The van der Waals surface area contributed by atoms with Crippen LogP contribution in [0.15, 0.2) is 60.8 Å². The van der Waals surface area contributed by atoms with Crippen molar-refractivity contribution < 1.29 is 14.6 Å². The summed E-state index contributed by atoms with van der Waals surface area (Å²) in [5.41, 5.74) is 2.80. The summed E-state index contributed by atoms with van der Waals surface area (Å²) in [6.07, 6.45) is 1.44. The van der Waals surface area contributed by atoms with Gasteiger partial charge in [-0.15, -0.1) is 0 Å². The molecule has 0 unspecified atom stereocenters. The fraction of sp³-hybridized carbons (Fsp3) is 0.0476. The van der Waals surface area contributed by atoms with Crippen LogP contribution in [-0.4, -0.2) is 33.2 Å². The van der Waals surface area contributed by atoms with E-state index in [-0.39, 0.29) is 11.6 Å². The summed E-state index contributed by atoms with van der Waals surface area (Å²) < 4.78 is 6.28. The van der Waals surface area contributed by atoms with Crippen molar-refractivity contribution in [1.29, 1.82) is 0 Å². The van der Waals surface area contributed by atoms with E-state index >= 15 is 0 Å². The first-order valence-corrected chi connectivity index (χ1v) is 9.79. The van der Waals surface area contributed by atoms with E-state index in [1.54, 1.807) is 48.5 Å². The number of hydrogen-bond donors (Lipinski definition) is 3. The number of urea groups is 1. The fourth-order valence-corrected chi connectivity index (χ4v) is 3.13. The van der Waals surface area contributed by atoms with E-state index in [2.05, 4.69) is 33.1 Å². The number of benzene rings is 2. The second kappa shape index (κ2) is 8.66. The summed E-state index contributed by atoms with van der Waals surface area (Å²) in [7, 11) is 1.47. The zero-order valence-electron chi connectivity index (χ0n) is 16.2. The van der Waals surface area contributed by atoms with Gasteiger partial charge in [0.25, 0.3) is 0 Å². The first-order valence-electron chi connectivity index (χ1n) is 9.01. The normalized spacial score (nSPS) is 10.7. The Morgan fingerprint density at radius 3 is 2.65 bits per heavy atom. The number of aromatic hydroxyl groups is 1. The van der Waals surface area contributed by atoms with E-state index < -0.39 is 6.03 Å². The van der Waals surface area contributed by atoms with Gasteiger partial charge in [0.15, 0.2) is 23.0 Å². The van der Waals surface area contributed by atoms with Crippen LogP contribution in [0.5, 0.6) is 11.5 Å². The first-order chi connectivity index (χ1) is 14.9. The first kappa shape index (κ1) is 20.7. The number of carbonyl (C=O) groups is 1. The molecule has 0 radical (unpaired) electrons. The molecule has 4 aromatic rings. The second-order valence-corrected chi connectivity index (χ2v) is 7.24. The van der Waals surface area contributed by atoms with Gasteiger partial charge in [0.1, 0.15) is 5.52 Å². The molecule has 0 fully saturated rings. The number of nitrogens with zero attached hydrogens (tertiary/aromatic N) is 4. The van der Waals surface area contributed by atoms with Gasteiger partial charge < -0.3 is 9.84 Å². The highest BCUT2D eigenvalue weighted by molar-refractivity contribution is 7.82. The molecule has 0 atom stereocenters. The van der Waals surface area contributed by atoms with Gasteiger partial charge in [0.05, 0.1) is 24.7 Å². The lowest BCUT2D eigenvalue weighted by atomic mass is 10.1. The van der Waals surface area contributed by atoms with Crippen LogP contribution in [0.25, 0.3) is 22.4 Å². The van der Waals surface area contributed by atoms with Crippen molar-refractivity contribution in [2.75, 3.05) is 16.7 Å². The second-order valence-electron chi connectivity index (χ2n) is 6.40. The van der Waals surface area contributed by atoms with Crippen LogP contribution in [0, 0.1) is 0 Å². The molecule has 2 amide bonds. The molecule has 0 saturated carbocycles. The van der Waals surface area contributed by atoms with Crippen molar-refractivity contribution in [3.05, 3.63) is 65.8 Å². The van der Waals surface area contributed by atoms with Gasteiger partial charge in [-0.1, -0.05) is 24.4 Å². The molecule has 8 nitrogen and oxygen atoms in total. The summed E-state index contributed by atoms with van der Waals surface area (Å²) in [6.45, 7) is 0. The number of hydrogen-bond acceptors (Lipinski definition) is 7. The summed E-state index contributed by atoms with van der Waals surface area (Å²) >= 11 is 10.1. The Kier molecular flexibility index (Phi) is 5.79. The van der Waals surface area contributed by atoms with Crippen LogP contribution < -0.4 is 14.4 Å². The zero-order valence-corrected chi connectivity index (χ0v) is 17.8. The Morgan fingerprint density at radius 2 is 1.90 bits per heavy atom. The zero-order chi connectivity index (χ0) is 22.0. The highest BCUT2D eigenvalue weighted by Gasteiger charge is 2.14. The molecule has 0 spiro atoms. The summed E-state index contributed by atoms with van der Waals surface area (Å²) in [4.78, 5) is 25.7. The van der Waals surface area contributed by atoms with E-state index in [1.165, 1.54) is 19.4 Å². The van der Waals surface area contributed by atoms with Crippen molar-refractivity contribution in [1.82, 2.24) is 15.0 Å². The molecule has 156 valence electrons.